The standard InChI is InChI=1S/C21H22ClN3O2/c1-21(2,3)20-23-10-13-11-25(9-8-16(13)24-20)12-15-18(22)14-6-4-5-7-17(14)27-19(15)26/h4-7,10H,8-9,11-12H2,1-3H3. The van der Waals surface area contributed by atoms with E-state index in [2.05, 4.69) is 30.7 Å². The van der Waals surface area contributed by atoms with Gasteiger partial charge in [0.25, 0.3) is 0 Å². The first-order chi connectivity index (χ1) is 12.8. The minimum Gasteiger partial charge on any atom is -0.422 e. The van der Waals surface area contributed by atoms with Gasteiger partial charge in [0, 0.05) is 54.3 Å². The molecule has 0 N–H and O–H groups in total. The van der Waals surface area contributed by atoms with E-state index in [0.29, 0.717) is 29.3 Å². The van der Waals surface area contributed by atoms with Gasteiger partial charge in [0.05, 0.1) is 10.6 Å². The number of halogens is 1. The van der Waals surface area contributed by atoms with Crippen molar-refractivity contribution < 1.29 is 4.42 Å². The van der Waals surface area contributed by atoms with Crippen LogP contribution >= 0.6 is 11.6 Å². The summed E-state index contributed by atoms with van der Waals surface area (Å²) in [6, 6.07) is 7.35. The van der Waals surface area contributed by atoms with Crippen molar-refractivity contribution in [3.8, 4) is 0 Å². The van der Waals surface area contributed by atoms with E-state index in [-0.39, 0.29) is 11.0 Å². The Hall–Kier alpha value is -2.24. The Bertz CT molecular complexity index is 1070. The summed E-state index contributed by atoms with van der Waals surface area (Å²) in [5.74, 6) is 0.868. The highest BCUT2D eigenvalue weighted by molar-refractivity contribution is 6.35. The summed E-state index contributed by atoms with van der Waals surface area (Å²) < 4.78 is 5.45. The largest absolute Gasteiger partial charge is 0.422 e. The van der Waals surface area contributed by atoms with Crippen LogP contribution in [0.1, 0.15) is 43.4 Å². The lowest BCUT2D eigenvalue weighted by molar-refractivity contribution is 0.239. The lowest BCUT2D eigenvalue weighted by atomic mass is 9.95. The van der Waals surface area contributed by atoms with Crippen LogP contribution in [0.3, 0.4) is 0 Å². The van der Waals surface area contributed by atoms with Crippen LogP contribution in [0.2, 0.25) is 5.02 Å². The van der Waals surface area contributed by atoms with E-state index in [1.807, 2.05) is 24.4 Å². The number of rotatable bonds is 2. The molecule has 6 heteroatoms. The maximum absolute atomic E-state index is 12.4. The van der Waals surface area contributed by atoms with E-state index in [9.17, 15) is 4.79 Å². The lowest BCUT2D eigenvalue weighted by Gasteiger charge is -2.29. The van der Waals surface area contributed by atoms with Gasteiger partial charge >= 0.3 is 5.63 Å². The molecule has 27 heavy (non-hydrogen) atoms. The third-order valence-electron chi connectivity index (χ3n) is 4.90. The van der Waals surface area contributed by atoms with Gasteiger partial charge in [0.1, 0.15) is 11.4 Å². The van der Waals surface area contributed by atoms with Crippen LogP contribution in [0, 0.1) is 0 Å². The molecule has 0 amide bonds. The molecule has 3 heterocycles. The molecule has 140 valence electrons. The first kappa shape index (κ1) is 18.1. The van der Waals surface area contributed by atoms with Gasteiger partial charge in [-0.2, -0.15) is 0 Å². The van der Waals surface area contributed by atoms with Crippen molar-refractivity contribution in [2.75, 3.05) is 6.54 Å². The summed E-state index contributed by atoms with van der Waals surface area (Å²) in [6.07, 6.45) is 2.75. The van der Waals surface area contributed by atoms with Gasteiger partial charge in [-0.1, -0.05) is 44.5 Å². The second-order valence-corrected chi connectivity index (χ2v) is 8.43. The van der Waals surface area contributed by atoms with Gasteiger partial charge in [0.2, 0.25) is 0 Å². The molecule has 0 saturated heterocycles. The molecule has 1 aromatic carbocycles. The third-order valence-corrected chi connectivity index (χ3v) is 5.33. The molecule has 0 fully saturated rings. The zero-order valence-electron chi connectivity index (χ0n) is 15.8. The van der Waals surface area contributed by atoms with Crippen LogP contribution in [-0.4, -0.2) is 21.4 Å². The number of hydrogen-bond donors (Lipinski definition) is 0. The predicted octanol–water partition coefficient (Wildman–Crippen LogP) is 4.09. The zero-order valence-corrected chi connectivity index (χ0v) is 16.5. The van der Waals surface area contributed by atoms with Gasteiger partial charge in [-0.15, -0.1) is 0 Å². The van der Waals surface area contributed by atoms with Crippen LogP contribution in [-0.2, 0) is 24.9 Å². The summed E-state index contributed by atoms with van der Waals surface area (Å²) >= 11 is 6.53. The van der Waals surface area contributed by atoms with Gasteiger partial charge in [0.15, 0.2) is 0 Å². The molecular weight excluding hydrogens is 362 g/mol. The predicted molar refractivity (Wildman–Crippen MR) is 106 cm³/mol. The first-order valence-corrected chi connectivity index (χ1v) is 9.48. The fourth-order valence-corrected chi connectivity index (χ4v) is 3.67. The van der Waals surface area contributed by atoms with Crippen molar-refractivity contribution in [2.45, 2.75) is 45.7 Å². The van der Waals surface area contributed by atoms with Crippen molar-refractivity contribution in [3.05, 3.63) is 68.6 Å². The van der Waals surface area contributed by atoms with Crippen LogP contribution in [0.15, 0.2) is 39.7 Å². The van der Waals surface area contributed by atoms with Crippen LogP contribution in [0.25, 0.3) is 11.0 Å². The Labute approximate surface area is 163 Å². The lowest BCUT2D eigenvalue weighted by Crippen LogP contribution is -2.33. The SMILES string of the molecule is CC(C)(C)c1ncc2c(n1)CCN(Cc1c(Cl)c3ccccc3oc1=O)C2. The third kappa shape index (κ3) is 3.49. The van der Waals surface area contributed by atoms with Crippen LogP contribution in [0.4, 0.5) is 0 Å². The summed E-state index contributed by atoms with van der Waals surface area (Å²) in [7, 11) is 0. The highest BCUT2D eigenvalue weighted by atomic mass is 35.5. The molecule has 0 unspecified atom stereocenters. The van der Waals surface area contributed by atoms with E-state index in [0.717, 1.165) is 35.4 Å². The molecular formula is C21H22ClN3O2. The minimum atomic E-state index is -0.371. The average molecular weight is 384 g/mol. The molecule has 1 aliphatic heterocycles. The Morgan fingerprint density at radius 1 is 1.26 bits per heavy atom. The molecule has 3 aromatic rings. The smallest absolute Gasteiger partial charge is 0.342 e. The van der Waals surface area contributed by atoms with Crippen LogP contribution < -0.4 is 5.63 Å². The van der Waals surface area contributed by atoms with Gasteiger partial charge in [-0.25, -0.2) is 14.8 Å². The quantitative estimate of drug-likeness (QED) is 0.624. The van der Waals surface area contributed by atoms with Crippen molar-refractivity contribution in [1.82, 2.24) is 14.9 Å². The van der Waals surface area contributed by atoms with E-state index in [1.165, 1.54) is 0 Å². The second-order valence-electron chi connectivity index (χ2n) is 8.05. The van der Waals surface area contributed by atoms with E-state index < -0.39 is 0 Å². The molecule has 0 aliphatic carbocycles. The Balaban J connectivity index is 1.61. The van der Waals surface area contributed by atoms with Crippen molar-refractivity contribution in [1.29, 1.82) is 0 Å². The van der Waals surface area contributed by atoms with Crippen LogP contribution in [0.5, 0.6) is 0 Å². The molecule has 0 bridgehead atoms. The van der Waals surface area contributed by atoms with Gasteiger partial charge < -0.3 is 4.42 Å². The number of fused-ring (bicyclic) bond motifs is 2. The fraction of sp³-hybridized carbons (Fsp3) is 0.381. The van der Waals surface area contributed by atoms with Crippen molar-refractivity contribution >= 4 is 22.6 Å². The zero-order chi connectivity index (χ0) is 19.2. The Morgan fingerprint density at radius 3 is 2.81 bits per heavy atom. The number of benzene rings is 1. The average Bonchev–Trinajstić information content (AvgIpc) is 2.64. The molecule has 5 nitrogen and oxygen atoms in total. The molecule has 0 spiro atoms. The second kappa shape index (κ2) is 6.73. The summed E-state index contributed by atoms with van der Waals surface area (Å²) in [6.45, 7) is 8.31. The molecule has 2 aromatic heterocycles. The summed E-state index contributed by atoms with van der Waals surface area (Å²) in [5, 5.41) is 1.25. The highest BCUT2D eigenvalue weighted by Gasteiger charge is 2.24. The maximum Gasteiger partial charge on any atom is 0.342 e. The normalized spacial score (nSPS) is 15.1. The fourth-order valence-electron chi connectivity index (χ4n) is 3.38. The Kier molecular flexibility index (Phi) is 4.52. The topological polar surface area (TPSA) is 59.2 Å². The number of aromatic nitrogens is 2. The molecule has 0 atom stereocenters. The number of para-hydroxylation sites is 1. The number of hydrogen-bond acceptors (Lipinski definition) is 5. The summed E-state index contributed by atoms with van der Waals surface area (Å²) in [5.41, 5.74) is 2.79. The van der Waals surface area contributed by atoms with Gasteiger partial charge in [-0.05, 0) is 12.1 Å². The van der Waals surface area contributed by atoms with E-state index in [4.69, 9.17) is 21.0 Å². The summed E-state index contributed by atoms with van der Waals surface area (Å²) in [4.78, 5) is 23.9. The van der Waals surface area contributed by atoms with Crippen molar-refractivity contribution in [3.63, 3.8) is 0 Å². The first-order valence-electron chi connectivity index (χ1n) is 9.11. The number of nitrogens with zero attached hydrogens (tertiary/aromatic N) is 3. The molecule has 4 rings (SSSR count). The highest BCUT2D eigenvalue weighted by Crippen LogP contribution is 2.27. The molecule has 1 aliphatic rings. The minimum absolute atomic E-state index is 0.0657. The molecule has 0 radical (unpaired) electrons. The van der Waals surface area contributed by atoms with Crippen molar-refractivity contribution in [2.24, 2.45) is 0 Å². The van der Waals surface area contributed by atoms with E-state index in [1.54, 1.807) is 6.07 Å². The van der Waals surface area contributed by atoms with E-state index >= 15 is 0 Å². The monoisotopic (exact) mass is 383 g/mol. The maximum atomic E-state index is 12.4. The van der Waals surface area contributed by atoms with Gasteiger partial charge in [-0.3, -0.25) is 4.90 Å². The molecule has 0 saturated carbocycles. The Morgan fingerprint density at radius 2 is 2.04 bits per heavy atom.